The number of unbranched alkanes of at least 4 members (excludes halogenated alkanes) is 1. The van der Waals surface area contributed by atoms with Gasteiger partial charge in [-0.05, 0) is 37.2 Å². The van der Waals surface area contributed by atoms with E-state index in [0.717, 1.165) is 29.3 Å². The number of pyridine rings is 1. The second-order valence-corrected chi connectivity index (χ2v) is 3.60. The monoisotopic (exact) mass is 210 g/mol. The number of rotatable bonds is 2. The van der Waals surface area contributed by atoms with Crippen LogP contribution in [0, 0.1) is 11.8 Å². The summed E-state index contributed by atoms with van der Waals surface area (Å²) < 4.78 is 0. The molecule has 0 unspecified atom stereocenters. The number of aromatic nitrogens is 1. The van der Waals surface area contributed by atoms with Crippen molar-refractivity contribution >= 4 is 10.9 Å². The van der Waals surface area contributed by atoms with Crippen LogP contribution in [-0.4, -0.2) is 11.5 Å². The zero-order valence-electron chi connectivity index (χ0n) is 9.11. The van der Waals surface area contributed by atoms with Crippen LogP contribution in [0.2, 0.25) is 0 Å². The van der Waals surface area contributed by atoms with Crippen molar-refractivity contribution in [3.8, 4) is 11.8 Å². The minimum absolute atomic E-state index is 0.705. The first kappa shape index (κ1) is 10.7. The van der Waals surface area contributed by atoms with E-state index in [-0.39, 0.29) is 0 Å². The molecule has 0 bridgehead atoms. The Labute approximate surface area is 95.5 Å². The Balaban J connectivity index is 2.21. The van der Waals surface area contributed by atoms with E-state index in [0.29, 0.717) is 6.54 Å². The molecular formula is C14H14N2. The fourth-order valence-electron chi connectivity index (χ4n) is 1.51. The topological polar surface area (TPSA) is 38.9 Å². The van der Waals surface area contributed by atoms with Crippen LogP contribution in [0.1, 0.15) is 18.4 Å². The van der Waals surface area contributed by atoms with Crippen LogP contribution in [0.4, 0.5) is 0 Å². The molecule has 2 rings (SSSR count). The first-order valence-electron chi connectivity index (χ1n) is 5.44. The fraction of sp³-hybridized carbons (Fsp3) is 0.214. The molecular weight excluding hydrogens is 196 g/mol. The van der Waals surface area contributed by atoms with Gasteiger partial charge in [0.05, 0.1) is 5.52 Å². The molecule has 2 nitrogen and oxygen atoms in total. The lowest BCUT2D eigenvalue weighted by molar-refractivity contribution is 0.870. The van der Waals surface area contributed by atoms with Gasteiger partial charge in [-0.3, -0.25) is 4.98 Å². The largest absolute Gasteiger partial charge is 0.330 e. The molecule has 2 aromatic rings. The maximum atomic E-state index is 5.41. The van der Waals surface area contributed by atoms with Gasteiger partial charge in [0.2, 0.25) is 0 Å². The summed E-state index contributed by atoms with van der Waals surface area (Å²) in [6.45, 7) is 0.705. The lowest BCUT2D eigenvalue weighted by atomic mass is 10.1. The second kappa shape index (κ2) is 5.29. The lowest BCUT2D eigenvalue weighted by Crippen LogP contribution is -1.96. The Hall–Kier alpha value is -1.85. The molecule has 16 heavy (non-hydrogen) atoms. The van der Waals surface area contributed by atoms with Crippen LogP contribution >= 0.6 is 0 Å². The maximum Gasteiger partial charge on any atom is 0.0702 e. The van der Waals surface area contributed by atoms with E-state index >= 15 is 0 Å². The third-order valence-electron chi connectivity index (χ3n) is 2.34. The molecule has 0 aliphatic carbocycles. The quantitative estimate of drug-likeness (QED) is 0.610. The lowest BCUT2D eigenvalue weighted by Gasteiger charge is -1.96. The van der Waals surface area contributed by atoms with Crippen molar-refractivity contribution in [3.63, 3.8) is 0 Å². The molecule has 0 saturated carbocycles. The first-order valence-corrected chi connectivity index (χ1v) is 5.44. The fourth-order valence-corrected chi connectivity index (χ4v) is 1.51. The molecule has 0 spiro atoms. The van der Waals surface area contributed by atoms with Gasteiger partial charge in [-0.1, -0.05) is 17.9 Å². The van der Waals surface area contributed by atoms with Crippen molar-refractivity contribution in [2.24, 2.45) is 5.73 Å². The predicted octanol–water partition coefficient (Wildman–Crippen LogP) is 2.33. The minimum atomic E-state index is 0.705. The van der Waals surface area contributed by atoms with E-state index in [9.17, 15) is 0 Å². The Bertz CT molecular complexity index is 535. The molecule has 0 radical (unpaired) electrons. The molecule has 1 aromatic heterocycles. The third-order valence-corrected chi connectivity index (χ3v) is 2.34. The molecule has 1 aromatic carbocycles. The number of benzene rings is 1. The van der Waals surface area contributed by atoms with E-state index in [4.69, 9.17) is 5.73 Å². The highest BCUT2D eigenvalue weighted by Gasteiger charge is 1.93. The molecule has 0 saturated heterocycles. The number of fused-ring (bicyclic) bond motifs is 1. The van der Waals surface area contributed by atoms with E-state index in [1.54, 1.807) is 6.20 Å². The Morgan fingerprint density at radius 2 is 2.19 bits per heavy atom. The Morgan fingerprint density at radius 1 is 1.25 bits per heavy atom. The first-order chi connectivity index (χ1) is 7.90. The highest BCUT2D eigenvalue weighted by molar-refractivity contribution is 5.79. The number of hydrogen-bond acceptors (Lipinski definition) is 2. The highest BCUT2D eigenvalue weighted by atomic mass is 14.6. The van der Waals surface area contributed by atoms with Crippen molar-refractivity contribution in [2.75, 3.05) is 6.54 Å². The van der Waals surface area contributed by atoms with Gasteiger partial charge in [-0.15, -0.1) is 0 Å². The van der Waals surface area contributed by atoms with Gasteiger partial charge in [-0.25, -0.2) is 0 Å². The molecule has 0 aliphatic heterocycles. The summed E-state index contributed by atoms with van der Waals surface area (Å²) in [4.78, 5) is 4.27. The summed E-state index contributed by atoms with van der Waals surface area (Å²) in [5, 5.41) is 1.13. The summed E-state index contributed by atoms with van der Waals surface area (Å²) in [6.07, 6.45) is 3.62. The van der Waals surface area contributed by atoms with Gasteiger partial charge in [0.15, 0.2) is 0 Å². The van der Waals surface area contributed by atoms with Crippen molar-refractivity contribution in [2.45, 2.75) is 12.8 Å². The average Bonchev–Trinajstić information content (AvgIpc) is 2.34. The van der Waals surface area contributed by atoms with E-state index < -0.39 is 0 Å². The van der Waals surface area contributed by atoms with Gasteiger partial charge in [0.25, 0.3) is 0 Å². The standard InChI is InChI=1S/C14H14N2/c15-9-3-1-2-5-12-7-8-14-13(11-12)6-4-10-16-14/h4,6-8,10-11H,1,3,9,15H2. The minimum Gasteiger partial charge on any atom is -0.330 e. The number of hydrogen-bond donors (Lipinski definition) is 1. The molecule has 2 heteroatoms. The van der Waals surface area contributed by atoms with Crippen molar-refractivity contribution in [1.82, 2.24) is 4.98 Å². The van der Waals surface area contributed by atoms with Crippen LogP contribution in [0.25, 0.3) is 10.9 Å². The molecule has 2 N–H and O–H groups in total. The van der Waals surface area contributed by atoms with E-state index in [2.05, 4.69) is 22.9 Å². The van der Waals surface area contributed by atoms with E-state index in [1.165, 1.54) is 0 Å². The molecule has 0 amide bonds. The highest BCUT2D eigenvalue weighted by Crippen LogP contribution is 2.12. The summed E-state index contributed by atoms with van der Waals surface area (Å²) in [6, 6.07) is 10.1. The van der Waals surface area contributed by atoms with Crippen LogP contribution in [0.3, 0.4) is 0 Å². The van der Waals surface area contributed by atoms with Gasteiger partial charge >= 0.3 is 0 Å². The normalized spacial score (nSPS) is 9.81. The van der Waals surface area contributed by atoms with Crippen molar-refractivity contribution in [3.05, 3.63) is 42.1 Å². The average molecular weight is 210 g/mol. The zero-order chi connectivity index (χ0) is 11.2. The zero-order valence-corrected chi connectivity index (χ0v) is 9.11. The van der Waals surface area contributed by atoms with Gasteiger partial charge in [-0.2, -0.15) is 0 Å². The van der Waals surface area contributed by atoms with Gasteiger partial charge < -0.3 is 5.73 Å². The molecule has 0 atom stereocenters. The summed E-state index contributed by atoms with van der Waals surface area (Å²) >= 11 is 0. The summed E-state index contributed by atoms with van der Waals surface area (Å²) in [5.74, 6) is 6.26. The molecule has 0 fully saturated rings. The maximum absolute atomic E-state index is 5.41. The number of nitrogens with zero attached hydrogens (tertiary/aromatic N) is 1. The molecule has 1 heterocycles. The summed E-state index contributed by atoms with van der Waals surface area (Å²) in [5.41, 5.74) is 7.45. The second-order valence-electron chi connectivity index (χ2n) is 3.60. The summed E-state index contributed by atoms with van der Waals surface area (Å²) in [7, 11) is 0. The Morgan fingerprint density at radius 3 is 3.06 bits per heavy atom. The van der Waals surface area contributed by atoms with Crippen molar-refractivity contribution < 1.29 is 0 Å². The van der Waals surface area contributed by atoms with Gasteiger partial charge in [0, 0.05) is 23.6 Å². The Kier molecular flexibility index (Phi) is 3.53. The predicted molar refractivity (Wildman–Crippen MR) is 66.9 cm³/mol. The van der Waals surface area contributed by atoms with Crippen LogP contribution in [-0.2, 0) is 0 Å². The SMILES string of the molecule is NCCCC#Cc1ccc2ncccc2c1. The van der Waals surface area contributed by atoms with Crippen LogP contribution < -0.4 is 5.73 Å². The number of nitrogens with two attached hydrogens (primary N) is 1. The van der Waals surface area contributed by atoms with Crippen LogP contribution in [0.15, 0.2) is 36.5 Å². The van der Waals surface area contributed by atoms with Crippen molar-refractivity contribution in [1.29, 1.82) is 0 Å². The third kappa shape index (κ3) is 2.59. The molecule has 0 aliphatic rings. The van der Waals surface area contributed by atoms with Gasteiger partial charge in [0.1, 0.15) is 0 Å². The molecule has 80 valence electrons. The van der Waals surface area contributed by atoms with E-state index in [1.807, 2.05) is 24.3 Å². The smallest absolute Gasteiger partial charge is 0.0702 e. The van der Waals surface area contributed by atoms with Crippen LogP contribution in [0.5, 0.6) is 0 Å².